The summed E-state index contributed by atoms with van der Waals surface area (Å²) in [7, 11) is 0. The predicted octanol–water partition coefficient (Wildman–Crippen LogP) is 0.961. The van der Waals surface area contributed by atoms with E-state index >= 15 is 0 Å². The molecule has 0 saturated heterocycles. The number of aliphatic hydroxyl groups is 1. The standard InChI is InChI=1S/C13H19NO4/c1-3-17-11-6-4-5-7-12(11)18-9-13(16)14-8-10(2)15/h4-7,10,15H,3,8-9H2,1-2H3,(H,14,16)/t10-/m1/s1. The Bertz CT molecular complexity index is 379. The third-order valence-electron chi connectivity index (χ3n) is 2.10. The molecule has 0 unspecified atom stereocenters. The maximum Gasteiger partial charge on any atom is 0.258 e. The fourth-order valence-corrected chi connectivity index (χ4v) is 1.30. The smallest absolute Gasteiger partial charge is 0.258 e. The van der Waals surface area contributed by atoms with Gasteiger partial charge in [0.25, 0.3) is 5.91 Å². The fraction of sp³-hybridized carbons (Fsp3) is 0.462. The van der Waals surface area contributed by atoms with Crippen molar-refractivity contribution in [1.29, 1.82) is 0 Å². The van der Waals surface area contributed by atoms with E-state index in [4.69, 9.17) is 14.6 Å². The van der Waals surface area contributed by atoms with E-state index in [-0.39, 0.29) is 19.1 Å². The molecule has 1 atom stereocenters. The number of nitrogens with one attached hydrogen (secondary N) is 1. The molecule has 1 aromatic carbocycles. The quantitative estimate of drug-likeness (QED) is 0.759. The second-order valence-electron chi connectivity index (χ2n) is 3.82. The van der Waals surface area contributed by atoms with Crippen LogP contribution in [0.15, 0.2) is 24.3 Å². The molecule has 0 bridgehead atoms. The maximum absolute atomic E-state index is 11.4. The molecule has 1 aromatic rings. The summed E-state index contributed by atoms with van der Waals surface area (Å²) >= 11 is 0. The van der Waals surface area contributed by atoms with Gasteiger partial charge in [-0.15, -0.1) is 0 Å². The third kappa shape index (κ3) is 5.05. The van der Waals surface area contributed by atoms with Crippen LogP contribution in [0.3, 0.4) is 0 Å². The van der Waals surface area contributed by atoms with Gasteiger partial charge in [0.2, 0.25) is 0 Å². The highest BCUT2D eigenvalue weighted by Crippen LogP contribution is 2.26. The molecule has 0 aromatic heterocycles. The van der Waals surface area contributed by atoms with E-state index in [9.17, 15) is 4.79 Å². The van der Waals surface area contributed by atoms with E-state index in [1.54, 1.807) is 19.1 Å². The van der Waals surface area contributed by atoms with Crippen LogP contribution in [0.25, 0.3) is 0 Å². The van der Waals surface area contributed by atoms with Crippen molar-refractivity contribution in [3.63, 3.8) is 0 Å². The first-order valence-electron chi connectivity index (χ1n) is 5.93. The highest BCUT2D eigenvalue weighted by atomic mass is 16.5. The van der Waals surface area contributed by atoms with Gasteiger partial charge < -0.3 is 19.9 Å². The van der Waals surface area contributed by atoms with Crippen LogP contribution in [-0.2, 0) is 4.79 Å². The summed E-state index contributed by atoms with van der Waals surface area (Å²) in [5, 5.41) is 11.6. The lowest BCUT2D eigenvalue weighted by molar-refractivity contribution is -0.123. The SMILES string of the molecule is CCOc1ccccc1OCC(=O)NC[C@@H](C)O. The average Bonchev–Trinajstić information content (AvgIpc) is 2.35. The molecule has 5 nitrogen and oxygen atoms in total. The summed E-state index contributed by atoms with van der Waals surface area (Å²) < 4.78 is 10.7. The molecule has 0 aliphatic rings. The Morgan fingerprint density at radius 3 is 2.50 bits per heavy atom. The second kappa shape index (κ2) is 7.55. The van der Waals surface area contributed by atoms with Crippen LogP contribution in [-0.4, -0.2) is 36.9 Å². The molecule has 18 heavy (non-hydrogen) atoms. The first-order chi connectivity index (χ1) is 8.63. The molecule has 100 valence electrons. The predicted molar refractivity (Wildman–Crippen MR) is 67.8 cm³/mol. The van der Waals surface area contributed by atoms with Gasteiger partial charge in [0.1, 0.15) is 0 Å². The van der Waals surface area contributed by atoms with Gasteiger partial charge in [-0.1, -0.05) is 12.1 Å². The normalized spacial score (nSPS) is 11.7. The Balaban J connectivity index is 2.45. The third-order valence-corrected chi connectivity index (χ3v) is 2.10. The second-order valence-corrected chi connectivity index (χ2v) is 3.82. The van der Waals surface area contributed by atoms with Crippen LogP contribution >= 0.6 is 0 Å². The van der Waals surface area contributed by atoms with Crippen molar-refractivity contribution in [1.82, 2.24) is 5.32 Å². The Labute approximate surface area is 107 Å². The van der Waals surface area contributed by atoms with Crippen LogP contribution in [0.5, 0.6) is 11.5 Å². The molecule has 0 heterocycles. The summed E-state index contributed by atoms with van der Waals surface area (Å²) in [5.41, 5.74) is 0. The van der Waals surface area contributed by atoms with Gasteiger partial charge in [-0.3, -0.25) is 4.79 Å². The number of para-hydroxylation sites is 2. The van der Waals surface area contributed by atoms with Gasteiger partial charge in [0.05, 0.1) is 12.7 Å². The number of hydrogen-bond acceptors (Lipinski definition) is 4. The zero-order chi connectivity index (χ0) is 13.4. The minimum absolute atomic E-state index is 0.100. The molecule has 0 radical (unpaired) electrons. The number of benzene rings is 1. The van der Waals surface area contributed by atoms with E-state index in [0.29, 0.717) is 18.1 Å². The largest absolute Gasteiger partial charge is 0.490 e. The average molecular weight is 253 g/mol. The monoisotopic (exact) mass is 253 g/mol. The molecule has 1 amide bonds. The Hall–Kier alpha value is -1.75. The number of carbonyl (C=O) groups is 1. The molecule has 0 spiro atoms. The minimum atomic E-state index is -0.565. The number of aliphatic hydroxyl groups excluding tert-OH is 1. The van der Waals surface area contributed by atoms with Crippen molar-refractivity contribution in [2.75, 3.05) is 19.8 Å². The number of hydrogen-bond donors (Lipinski definition) is 2. The van der Waals surface area contributed by atoms with Gasteiger partial charge in [0, 0.05) is 6.54 Å². The van der Waals surface area contributed by atoms with E-state index in [2.05, 4.69) is 5.32 Å². The number of rotatable bonds is 7. The van der Waals surface area contributed by atoms with Gasteiger partial charge in [-0.05, 0) is 26.0 Å². The number of amides is 1. The van der Waals surface area contributed by atoms with Crippen LogP contribution in [0.4, 0.5) is 0 Å². The van der Waals surface area contributed by atoms with Crippen molar-refractivity contribution in [3.8, 4) is 11.5 Å². The molecule has 0 fully saturated rings. The summed E-state index contributed by atoms with van der Waals surface area (Å²) in [4.78, 5) is 11.4. The van der Waals surface area contributed by atoms with Crippen molar-refractivity contribution in [2.24, 2.45) is 0 Å². The Morgan fingerprint density at radius 1 is 1.33 bits per heavy atom. The zero-order valence-corrected chi connectivity index (χ0v) is 10.7. The van der Waals surface area contributed by atoms with Crippen molar-refractivity contribution >= 4 is 5.91 Å². The zero-order valence-electron chi connectivity index (χ0n) is 10.7. The van der Waals surface area contributed by atoms with Crippen LogP contribution < -0.4 is 14.8 Å². The van der Waals surface area contributed by atoms with Gasteiger partial charge in [0.15, 0.2) is 18.1 Å². The van der Waals surface area contributed by atoms with Crippen molar-refractivity contribution in [3.05, 3.63) is 24.3 Å². The van der Waals surface area contributed by atoms with Gasteiger partial charge in [-0.2, -0.15) is 0 Å². The lowest BCUT2D eigenvalue weighted by Gasteiger charge is -2.12. The molecular weight excluding hydrogens is 234 g/mol. The van der Waals surface area contributed by atoms with E-state index in [1.807, 2.05) is 19.1 Å². The Morgan fingerprint density at radius 2 is 1.94 bits per heavy atom. The summed E-state index contributed by atoms with van der Waals surface area (Å²) in [6, 6.07) is 7.18. The summed E-state index contributed by atoms with van der Waals surface area (Å²) in [5.74, 6) is 0.872. The van der Waals surface area contributed by atoms with E-state index in [0.717, 1.165) is 0 Å². The molecule has 0 aliphatic heterocycles. The van der Waals surface area contributed by atoms with Gasteiger partial charge >= 0.3 is 0 Å². The molecule has 0 saturated carbocycles. The lowest BCUT2D eigenvalue weighted by atomic mass is 10.3. The highest BCUT2D eigenvalue weighted by Gasteiger charge is 2.07. The molecular formula is C13H19NO4. The first kappa shape index (κ1) is 14.3. The molecule has 1 rings (SSSR count). The summed E-state index contributed by atoms with van der Waals surface area (Å²) in [6.07, 6.45) is -0.565. The topological polar surface area (TPSA) is 67.8 Å². The van der Waals surface area contributed by atoms with Crippen molar-refractivity contribution in [2.45, 2.75) is 20.0 Å². The molecule has 5 heteroatoms. The molecule has 2 N–H and O–H groups in total. The van der Waals surface area contributed by atoms with E-state index < -0.39 is 6.10 Å². The maximum atomic E-state index is 11.4. The minimum Gasteiger partial charge on any atom is -0.490 e. The molecule has 0 aliphatic carbocycles. The van der Waals surface area contributed by atoms with Crippen LogP contribution in [0.1, 0.15) is 13.8 Å². The van der Waals surface area contributed by atoms with Crippen LogP contribution in [0.2, 0.25) is 0 Å². The number of ether oxygens (including phenoxy) is 2. The van der Waals surface area contributed by atoms with Gasteiger partial charge in [-0.25, -0.2) is 0 Å². The van der Waals surface area contributed by atoms with E-state index in [1.165, 1.54) is 0 Å². The first-order valence-corrected chi connectivity index (χ1v) is 5.93. The lowest BCUT2D eigenvalue weighted by Crippen LogP contribution is -2.34. The summed E-state index contributed by atoms with van der Waals surface area (Å²) in [6.45, 7) is 4.14. The van der Waals surface area contributed by atoms with Crippen LogP contribution in [0, 0.1) is 0 Å². The highest BCUT2D eigenvalue weighted by molar-refractivity contribution is 5.77. The van der Waals surface area contributed by atoms with Crippen molar-refractivity contribution < 1.29 is 19.4 Å². The Kier molecular flexibility index (Phi) is 6.00. The fourth-order valence-electron chi connectivity index (χ4n) is 1.30. The number of carbonyl (C=O) groups excluding carboxylic acids is 1.